The lowest BCUT2D eigenvalue weighted by Crippen LogP contribution is -2.29. The minimum atomic E-state index is -0.340. The average molecular weight is 398 g/mol. The van der Waals surface area contributed by atoms with Crippen LogP contribution in [0.5, 0.6) is 11.5 Å². The number of methoxy groups -OCH3 is 2. The minimum absolute atomic E-state index is 0.184. The SMILES string of the molecule is COc1ccc(C(NC(=O)c2cccc3cccnc23)c2ccc(OC)cc2)cc1. The molecular formula is C25H22N2O3. The van der Waals surface area contributed by atoms with Crippen molar-refractivity contribution in [2.45, 2.75) is 6.04 Å². The lowest BCUT2D eigenvalue weighted by Gasteiger charge is -2.21. The minimum Gasteiger partial charge on any atom is -0.497 e. The van der Waals surface area contributed by atoms with Gasteiger partial charge < -0.3 is 14.8 Å². The number of nitrogens with one attached hydrogen (secondary N) is 1. The van der Waals surface area contributed by atoms with Crippen molar-refractivity contribution in [3.05, 3.63) is 102 Å². The Kier molecular flexibility index (Phi) is 5.61. The van der Waals surface area contributed by atoms with Gasteiger partial charge in [-0.25, -0.2) is 0 Å². The Morgan fingerprint density at radius 3 is 1.93 bits per heavy atom. The number of carbonyl (C=O) groups is 1. The molecule has 0 fully saturated rings. The van der Waals surface area contributed by atoms with E-state index in [2.05, 4.69) is 10.3 Å². The maximum Gasteiger partial charge on any atom is 0.254 e. The second kappa shape index (κ2) is 8.66. The molecule has 30 heavy (non-hydrogen) atoms. The number of benzene rings is 3. The molecule has 0 spiro atoms. The molecule has 3 aromatic carbocycles. The Morgan fingerprint density at radius 2 is 1.37 bits per heavy atom. The molecule has 0 saturated carbocycles. The van der Waals surface area contributed by atoms with Crippen molar-refractivity contribution in [2.75, 3.05) is 14.2 Å². The second-order valence-corrected chi connectivity index (χ2v) is 6.83. The Labute approximate surface area is 175 Å². The molecule has 0 aliphatic rings. The van der Waals surface area contributed by atoms with Crippen LogP contribution in [0, 0.1) is 0 Å². The van der Waals surface area contributed by atoms with Crippen LogP contribution in [-0.2, 0) is 0 Å². The first-order valence-electron chi connectivity index (χ1n) is 9.62. The van der Waals surface area contributed by atoms with Gasteiger partial charge in [0.25, 0.3) is 5.91 Å². The van der Waals surface area contributed by atoms with Gasteiger partial charge in [-0.15, -0.1) is 0 Å². The number of fused-ring (bicyclic) bond motifs is 1. The van der Waals surface area contributed by atoms with E-state index in [0.29, 0.717) is 11.1 Å². The van der Waals surface area contributed by atoms with Crippen LogP contribution in [-0.4, -0.2) is 25.1 Å². The van der Waals surface area contributed by atoms with Crippen molar-refractivity contribution >= 4 is 16.8 Å². The van der Waals surface area contributed by atoms with E-state index in [0.717, 1.165) is 28.0 Å². The summed E-state index contributed by atoms with van der Waals surface area (Å²) in [5.74, 6) is 1.34. The molecule has 0 aliphatic heterocycles. The highest BCUT2D eigenvalue weighted by Crippen LogP contribution is 2.27. The highest BCUT2D eigenvalue weighted by molar-refractivity contribution is 6.05. The molecule has 0 atom stereocenters. The Bertz CT molecular complexity index is 1100. The summed E-state index contributed by atoms with van der Waals surface area (Å²) in [7, 11) is 3.26. The van der Waals surface area contributed by atoms with Crippen LogP contribution in [0.2, 0.25) is 0 Å². The van der Waals surface area contributed by atoms with Crippen molar-refractivity contribution in [1.82, 2.24) is 10.3 Å². The first-order chi connectivity index (χ1) is 14.7. The molecule has 1 N–H and O–H groups in total. The fourth-order valence-electron chi connectivity index (χ4n) is 3.45. The van der Waals surface area contributed by atoms with Gasteiger partial charge in [-0.05, 0) is 47.5 Å². The van der Waals surface area contributed by atoms with Crippen LogP contribution in [0.3, 0.4) is 0 Å². The second-order valence-electron chi connectivity index (χ2n) is 6.83. The van der Waals surface area contributed by atoms with Gasteiger partial charge in [-0.1, -0.05) is 42.5 Å². The van der Waals surface area contributed by atoms with Gasteiger partial charge in [0.05, 0.1) is 31.3 Å². The van der Waals surface area contributed by atoms with Gasteiger partial charge in [0.2, 0.25) is 0 Å². The van der Waals surface area contributed by atoms with E-state index in [1.165, 1.54) is 0 Å². The smallest absolute Gasteiger partial charge is 0.254 e. The van der Waals surface area contributed by atoms with Crippen LogP contribution < -0.4 is 14.8 Å². The van der Waals surface area contributed by atoms with E-state index in [9.17, 15) is 4.79 Å². The molecule has 5 heteroatoms. The number of hydrogen-bond donors (Lipinski definition) is 1. The van der Waals surface area contributed by atoms with Gasteiger partial charge in [-0.3, -0.25) is 9.78 Å². The molecule has 1 amide bonds. The zero-order chi connectivity index (χ0) is 20.9. The normalized spacial score (nSPS) is 10.8. The van der Waals surface area contributed by atoms with Crippen molar-refractivity contribution in [3.63, 3.8) is 0 Å². The molecule has 0 unspecified atom stereocenters. The third-order valence-corrected chi connectivity index (χ3v) is 5.05. The van der Waals surface area contributed by atoms with Crippen molar-refractivity contribution < 1.29 is 14.3 Å². The summed E-state index contributed by atoms with van der Waals surface area (Å²) in [4.78, 5) is 17.7. The van der Waals surface area contributed by atoms with E-state index < -0.39 is 0 Å². The first kappa shape index (κ1) is 19.5. The van der Waals surface area contributed by atoms with Crippen LogP contribution in [0.15, 0.2) is 85.1 Å². The quantitative estimate of drug-likeness (QED) is 0.508. The number of para-hydroxylation sites is 1. The highest BCUT2D eigenvalue weighted by Gasteiger charge is 2.20. The van der Waals surface area contributed by atoms with E-state index >= 15 is 0 Å². The molecule has 4 rings (SSSR count). The van der Waals surface area contributed by atoms with Gasteiger partial charge in [0.1, 0.15) is 11.5 Å². The van der Waals surface area contributed by atoms with Crippen LogP contribution in [0.1, 0.15) is 27.5 Å². The number of aromatic nitrogens is 1. The van der Waals surface area contributed by atoms with Crippen molar-refractivity contribution in [1.29, 1.82) is 0 Å². The molecule has 4 aromatic rings. The number of nitrogens with zero attached hydrogens (tertiary/aromatic N) is 1. The highest BCUT2D eigenvalue weighted by atomic mass is 16.5. The fourth-order valence-corrected chi connectivity index (χ4v) is 3.45. The Balaban J connectivity index is 1.72. The van der Waals surface area contributed by atoms with Crippen molar-refractivity contribution in [2.24, 2.45) is 0 Å². The third kappa shape index (κ3) is 3.96. The molecular weight excluding hydrogens is 376 g/mol. The number of rotatable bonds is 6. The van der Waals surface area contributed by atoms with E-state index in [1.807, 2.05) is 72.8 Å². The van der Waals surface area contributed by atoms with Gasteiger partial charge in [0.15, 0.2) is 0 Å². The maximum atomic E-state index is 13.3. The van der Waals surface area contributed by atoms with E-state index in [4.69, 9.17) is 9.47 Å². The summed E-state index contributed by atoms with van der Waals surface area (Å²) < 4.78 is 10.5. The lowest BCUT2D eigenvalue weighted by atomic mass is 9.97. The molecule has 0 radical (unpaired) electrons. The predicted octanol–water partition coefficient (Wildman–Crippen LogP) is 4.77. The molecule has 0 bridgehead atoms. The lowest BCUT2D eigenvalue weighted by molar-refractivity contribution is 0.0944. The number of hydrogen-bond acceptors (Lipinski definition) is 4. The topological polar surface area (TPSA) is 60.5 Å². The zero-order valence-corrected chi connectivity index (χ0v) is 16.8. The van der Waals surface area contributed by atoms with Gasteiger partial charge in [0, 0.05) is 11.6 Å². The first-order valence-corrected chi connectivity index (χ1v) is 9.62. The molecule has 1 heterocycles. The van der Waals surface area contributed by atoms with Gasteiger partial charge >= 0.3 is 0 Å². The predicted molar refractivity (Wildman–Crippen MR) is 117 cm³/mol. The molecule has 0 aliphatic carbocycles. The van der Waals surface area contributed by atoms with E-state index in [1.54, 1.807) is 26.5 Å². The number of amides is 1. The van der Waals surface area contributed by atoms with Gasteiger partial charge in [-0.2, -0.15) is 0 Å². The molecule has 150 valence electrons. The molecule has 1 aromatic heterocycles. The third-order valence-electron chi connectivity index (χ3n) is 5.05. The van der Waals surface area contributed by atoms with Crippen molar-refractivity contribution in [3.8, 4) is 11.5 Å². The Morgan fingerprint density at radius 1 is 0.800 bits per heavy atom. The largest absolute Gasteiger partial charge is 0.497 e. The van der Waals surface area contributed by atoms with Crippen LogP contribution in [0.4, 0.5) is 0 Å². The number of carbonyl (C=O) groups excluding carboxylic acids is 1. The summed E-state index contributed by atoms with van der Waals surface area (Å²) in [6.07, 6.45) is 1.70. The summed E-state index contributed by atoms with van der Waals surface area (Å²) in [6, 6.07) is 24.4. The molecule has 0 saturated heterocycles. The van der Waals surface area contributed by atoms with E-state index in [-0.39, 0.29) is 11.9 Å². The zero-order valence-electron chi connectivity index (χ0n) is 16.8. The van der Waals surface area contributed by atoms with Crippen LogP contribution >= 0.6 is 0 Å². The summed E-state index contributed by atoms with van der Waals surface area (Å²) in [5, 5.41) is 4.10. The number of ether oxygens (including phenoxy) is 2. The molecule has 5 nitrogen and oxygen atoms in total. The Hall–Kier alpha value is -3.86. The maximum absolute atomic E-state index is 13.3. The summed E-state index contributed by atoms with van der Waals surface area (Å²) in [6.45, 7) is 0. The standard InChI is InChI=1S/C25H22N2O3/c1-29-20-12-8-18(9-13-20)23(19-10-14-21(30-2)15-11-19)27-25(28)22-7-3-5-17-6-4-16-26-24(17)22/h3-16,23H,1-2H3,(H,27,28). The summed E-state index contributed by atoms with van der Waals surface area (Å²) in [5.41, 5.74) is 3.12. The summed E-state index contributed by atoms with van der Waals surface area (Å²) >= 11 is 0. The number of pyridine rings is 1. The fraction of sp³-hybridized carbons (Fsp3) is 0.120. The monoisotopic (exact) mass is 398 g/mol. The average Bonchev–Trinajstić information content (AvgIpc) is 2.82. The van der Waals surface area contributed by atoms with Crippen LogP contribution in [0.25, 0.3) is 10.9 Å².